The van der Waals surface area contributed by atoms with Crippen molar-refractivity contribution in [2.24, 2.45) is 5.92 Å². The summed E-state index contributed by atoms with van der Waals surface area (Å²) in [5, 5.41) is 6.36. The molecule has 1 saturated heterocycles. The predicted octanol–water partition coefficient (Wildman–Crippen LogP) is 5.55. The van der Waals surface area contributed by atoms with Crippen LogP contribution in [0.4, 0.5) is 13.2 Å². The van der Waals surface area contributed by atoms with Crippen molar-refractivity contribution in [1.29, 1.82) is 0 Å². The number of hydrogen-bond acceptors (Lipinski definition) is 4. The van der Waals surface area contributed by atoms with Gasteiger partial charge in [-0.3, -0.25) is 14.5 Å². The lowest BCUT2D eigenvalue weighted by atomic mass is 9.84. The summed E-state index contributed by atoms with van der Waals surface area (Å²) in [5.74, 6) is -0.0765. The number of carbonyl (C=O) groups excluding carboxylic acids is 2. The number of halogens is 3. The Morgan fingerprint density at radius 3 is 2.56 bits per heavy atom. The van der Waals surface area contributed by atoms with Gasteiger partial charge in [0.1, 0.15) is 0 Å². The first-order chi connectivity index (χ1) is 18.7. The van der Waals surface area contributed by atoms with E-state index in [1.165, 1.54) is 12.5 Å². The molecule has 2 heterocycles. The zero-order valence-electron chi connectivity index (χ0n) is 22.0. The highest BCUT2D eigenvalue weighted by atomic mass is 19.4. The second kappa shape index (κ2) is 11.3. The van der Waals surface area contributed by atoms with Crippen LogP contribution >= 0.6 is 0 Å². The van der Waals surface area contributed by atoms with E-state index in [0.717, 1.165) is 37.8 Å². The first kappa shape index (κ1) is 27.1. The number of pyridine rings is 1. The maximum atomic E-state index is 14.0. The third-order valence-electron chi connectivity index (χ3n) is 7.90. The van der Waals surface area contributed by atoms with Gasteiger partial charge in [0.25, 0.3) is 5.91 Å². The summed E-state index contributed by atoms with van der Waals surface area (Å²) < 4.78 is 40.9. The molecule has 1 saturated carbocycles. The SMILES string of the molecule is C[C@H](NC(=O)c1c(CN2CCNC(=O)C2)c(-c2ccccc2)nc2cc(C(F)(F)F)ccc12)C1CCCCC1. The fraction of sp³-hybridized carbons (Fsp3) is 0.433. The van der Waals surface area contributed by atoms with Gasteiger partial charge in [-0.05, 0) is 37.8 Å². The van der Waals surface area contributed by atoms with E-state index in [0.29, 0.717) is 46.8 Å². The molecule has 5 rings (SSSR count). The second-order valence-corrected chi connectivity index (χ2v) is 10.6. The van der Waals surface area contributed by atoms with Crippen molar-refractivity contribution in [1.82, 2.24) is 20.5 Å². The van der Waals surface area contributed by atoms with Gasteiger partial charge in [0, 0.05) is 42.2 Å². The van der Waals surface area contributed by atoms with E-state index >= 15 is 0 Å². The van der Waals surface area contributed by atoms with E-state index in [1.54, 1.807) is 0 Å². The Labute approximate surface area is 226 Å². The predicted molar refractivity (Wildman–Crippen MR) is 144 cm³/mol. The van der Waals surface area contributed by atoms with Crippen molar-refractivity contribution in [2.75, 3.05) is 19.6 Å². The number of fused-ring (bicyclic) bond motifs is 1. The minimum atomic E-state index is -4.54. The molecule has 0 unspecified atom stereocenters. The van der Waals surface area contributed by atoms with Crippen LogP contribution in [-0.2, 0) is 17.5 Å². The van der Waals surface area contributed by atoms with Gasteiger partial charge in [0.15, 0.2) is 0 Å². The maximum absolute atomic E-state index is 14.0. The van der Waals surface area contributed by atoms with Crippen LogP contribution in [0.2, 0.25) is 0 Å². The molecular weight excluding hydrogens is 505 g/mol. The molecule has 6 nitrogen and oxygen atoms in total. The van der Waals surface area contributed by atoms with E-state index in [4.69, 9.17) is 4.98 Å². The maximum Gasteiger partial charge on any atom is 0.416 e. The van der Waals surface area contributed by atoms with Gasteiger partial charge in [-0.1, -0.05) is 55.7 Å². The van der Waals surface area contributed by atoms with E-state index in [-0.39, 0.29) is 36.5 Å². The Morgan fingerprint density at radius 1 is 1.13 bits per heavy atom. The highest BCUT2D eigenvalue weighted by Gasteiger charge is 2.33. The van der Waals surface area contributed by atoms with Gasteiger partial charge < -0.3 is 10.6 Å². The summed E-state index contributed by atoms with van der Waals surface area (Å²) in [4.78, 5) is 32.8. The third-order valence-corrected chi connectivity index (χ3v) is 7.90. The van der Waals surface area contributed by atoms with Gasteiger partial charge in [-0.25, -0.2) is 4.98 Å². The van der Waals surface area contributed by atoms with E-state index in [1.807, 2.05) is 42.2 Å². The Hall–Kier alpha value is -3.46. The number of benzene rings is 2. The topological polar surface area (TPSA) is 74.3 Å². The summed E-state index contributed by atoms with van der Waals surface area (Å²) in [6.45, 7) is 3.51. The number of aromatic nitrogens is 1. The lowest BCUT2D eigenvalue weighted by Gasteiger charge is -2.30. The van der Waals surface area contributed by atoms with Crippen molar-refractivity contribution in [3.05, 3.63) is 65.2 Å². The number of amides is 2. The minimum Gasteiger partial charge on any atom is -0.354 e. The second-order valence-electron chi connectivity index (χ2n) is 10.6. The zero-order chi connectivity index (χ0) is 27.6. The smallest absolute Gasteiger partial charge is 0.354 e. The number of nitrogens with zero attached hydrogens (tertiary/aromatic N) is 2. The van der Waals surface area contributed by atoms with Crippen LogP contribution in [0.25, 0.3) is 22.2 Å². The van der Waals surface area contributed by atoms with Gasteiger partial charge in [0.2, 0.25) is 5.91 Å². The highest BCUT2D eigenvalue weighted by molar-refractivity contribution is 6.09. The molecule has 0 radical (unpaired) electrons. The van der Waals surface area contributed by atoms with Crippen molar-refractivity contribution < 1.29 is 22.8 Å². The number of nitrogens with one attached hydrogen (secondary N) is 2. The van der Waals surface area contributed by atoms with Gasteiger partial charge in [-0.2, -0.15) is 13.2 Å². The molecule has 9 heteroatoms. The molecule has 2 amide bonds. The number of piperazine rings is 1. The van der Waals surface area contributed by atoms with Crippen LogP contribution < -0.4 is 10.6 Å². The van der Waals surface area contributed by atoms with Crippen LogP contribution in [-0.4, -0.2) is 47.4 Å². The zero-order valence-corrected chi connectivity index (χ0v) is 22.0. The molecule has 2 fully saturated rings. The minimum absolute atomic E-state index is 0.0794. The fourth-order valence-corrected chi connectivity index (χ4v) is 5.81. The van der Waals surface area contributed by atoms with Crippen LogP contribution in [0.5, 0.6) is 0 Å². The van der Waals surface area contributed by atoms with Crippen LogP contribution in [0.3, 0.4) is 0 Å². The van der Waals surface area contributed by atoms with E-state index in [2.05, 4.69) is 10.6 Å². The summed E-state index contributed by atoms with van der Waals surface area (Å²) in [5.41, 5.74) is 1.37. The van der Waals surface area contributed by atoms with Crippen molar-refractivity contribution in [3.8, 4) is 11.3 Å². The quantitative estimate of drug-likeness (QED) is 0.432. The molecule has 3 aromatic rings. The van der Waals surface area contributed by atoms with Gasteiger partial charge >= 0.3 is 6.18 Å². The summed E-state index contributed by atoms with van der Waals surface area (Å²) in [6, 6.07) is 12.5. The molecular formula is C30H33F3N4O2. The first-order valence-electron chi connectivity index (χ1n) is 13.6. The largest absolute Gasteiger partial charge is 0.416 e. The molecule has 39 heavy (non-hydrogen) atoms. The van der Waals surface area contributed by atoms with Crippen molar-refractivity contribution in [2.45, 2.75) is 57.8 Å². The third kappa shape index (κ3) is 6.08. The van der Waals surface area contributed by atoms with Crippen LogP contribution in [0, 0.1) is 5.92 Å². The molecule has 2 aromatic carbocycles. The van der Waals surface area contributed by atoms with Gasteiger partial charge in [0.05, 0.1) is 28.9 Å². The highest BCUT2D eigenvalue weighted by Crippen LogP contribution is 2.36. The van der Waals surface area contributed by atoms with E-state index < -0.39 is 11.7 Å². The van der Waals surface area contributed by atoms with Crippen molar-refractivity contribution >= 4 is 22.7 Å². The molecule has 2 N–H and O–H groups in total. The standard InChI is InChI=1S/C30H33F3N4O2/c1-19(20-8-4-2-5-9-20)35-29(39)27-23-13-12-22(30(31,32)33)16-25(23)36-28(21-10-6-3-7-11-21)24(27)17-37-15-14-34-26(38)18-37/h3,6-7,10-13,16,19-20H,2,4-5,8-9,14-15,17-18H2,1H3,(H,34,38)(H,35,39)/t19-/m0/s1. The summed E-state index contributed by atoms with van der Waals surface area (Å²) in [6.07, 6.45) is 0.993. The normalized spacial score (nSPS) is 18.1. The molecule has 1 aliphatic heterocycles. The molecule has 0 bridgehead atoms. The lowest BCUT2D eigenvalue weighted by molar-refractivity contribution is -0.137. The average molecular weight is 539 g/mol. The average Bonchev–Trinajstić information content (AvgIpc) is 2.92. The summed E-state index contributed by atoms with van der Waals surface area (Å²) >= 11 is 0. The molecule has 206 valence electrons. The fourth-order valence-electron chi connectivity index (χ4n) is 5.81. The molecule has 1 aliphatic carbocycles. The number of carbonyl (C=O) groups is 2. The molecule has 1 aromatic heterocycles. The number of hydrogen-bond donors (Lipinski definition) is 2. The molecule has 2 aliphatic rings. The first-order valence-corrected chi connectivity index (χ1v) is 13.6. The van der Waals surface area contributed by atoms with Crippen LogP contribution in [0.1, 0.15) is 60.5 Å². The monoisotopic (exact) mass is 538 g/mol. The van der Waals surface area contributed by atoms with Crippen molar-refractivity contribution in [3.63, 3.8) is 0 Å². The van der Waals surface area contributed by atoms with Crippen LogP contribution in [0.15, 0.2) is 48.5 Å². The Balaban J connectivity index is 1.67. The summed E-state index contributed by atoms with van der Waals surface area (Å²) in [7, 11) is 0. The molecule has 1 atom stereocenters. The Kier molecular flexibility index (Phi) is 7.88. The number of rotatable bonds is 6. The van der Waals surface area contributed by atoms with Gasteiger partial charge in [-0.15, -0.1) is 0 Å². The number of alkyl halides is 3. The van der Waals surface area contributed by atoms with E-state index in [9.17, 15) is 22.8 Å². The molecule has 0 spiro atoms. The Bertz CT molecular complexity index is 1350. The lowest BCUT2D eigenvalue weighted by Crippen LogP contribution is -2.47. The Morgan fingerprint density at radius 2 is 1.87 bits per heavy atom.